The lowest BCUT2D eigenvalue weighted by atomic mass is 10.0. The molecule has 0 amide bonds. The van der Waals surface area contributed by atoms with Crippen LogP contribution >= 0.6 is 0 Å². The van der Waals surface area contributed by atoms with Crippen molar-refractivity contribution in [2.45, 2.75) is 26.4 Å². The number of aliphatic hydroxyl groups excluding tert-OH is 1. The molecule has 1 aromatic heterocycles. The van der Waals surface area contributed by atoms with Crippen molar-refractivity contribution in [2.75, 3.05) is 0 Å². The molecule has 0 aliphatic heterocycles. The van der Waals surface area contributed by atoms with E-state index in [4.69, 9.17) is 0 Å². The van der Waals surface area contributed by atoms with Crippen LogP contribution in [0.4, 0.5) is 0 Å². The molecule has 1 N–H and O–H groups in total. The van der Waals surface area contributed by atoms with E-state index in [2.05, 4.69) is 11.9 Å². The Morgan fingerprint density at radius 2 is 2.33 bits per heavy atom. The number of nitrogens with zero attached hydrogens (tertiary/aromatic N) is 2. The first-order valence-electron chi connectivity index (χ1n) is 4.32. The average Bonchev–Trinajstić information content (AvgIpc) is 2.48. The van der Waals surface area contributed by atoms with Gasteiger partial charge in [-0.05, 0) is 5.92 Å². The van der Waals surface area contributed by atoms with Crippen molar-refractivity contribution in [3.05, 3.63) is 18.2 Å². The van der Waals surface area contributed by atoms with Crippen LogP contribution in [0.1, 0.15) is 32.2 Å². The van der Waals surface area contributed by atoms with Gasteiger partial charge in [0, 0.05) is 19.4 Å². The molecule has 12 heavy (non-hydrogen) atoms. The first-order valence-corrected chi connectivity index (χ1v) is 4.32. The Balaban J connectivity index is 2.77. The molecule has 0 saturated heterocycles. The summed E-state index contributed by atoms with van der Waals surface area (Å²) in [6.07, 6.45) is 4.09. The van der Waals surface area contributed by atoms with Gasteiger partial charge in [0.2, 0.25) is 0 Å². The summed E-state index contributed by atoms with van der Waals surface area (Å²) < 4.78 is 1.86. The highest BCUT2D eigenvalue weighted by Crippen LogP contribution is 2.21. The average molecular weight is 168 g/mol. The van der Waals surface area contributed by atoms with Gasteiger partial charge in [-0.2, -0.15) is 0 Å². The molecule has 3 nitrogen and oxygen atoms in total. The van der Waals surface area contributed by atoms with E-state index in [0.29, 0.717) is 0 Å². The number of imidazole rings is 1. The Morgan fingerprint density at radius 3 is 2.75 bits per heavy atom. The van der Waals surface area contributed by atoms with Crippen LogP contribution in [0, 0.1) is 5.92 Å². The Bertz CT molecular complexity index is 244. The van der Waals surface area contributed by atoms with Gasteiger partial charge in [-0.15, -0.1) is 0 Å². The molecule has 0 aliphatic rings. The molecule has 3 heteroatoms. The molecule has 0 aliphatic carbocycles. The SMILES string of the molecule is CCC(C)C(O)c1nccn1C. The number of hydrogen-bond acceptors (Lipinski definition) is 2. The molecule has 0 fully saturated rings. The van der Waals surface area contributed by atoms with Gasteiger partial charge in [0.1, 0.15) is 11.9 Å². The Morgan fingerprint density at radius 1 is 1.67 bits per heavy atom. The van der Waals surface area contributed by atoms with E-state index in [1.54, 1.807) is 6.20 Å². The normalized spacial score (nSPS) is 16.0. The van der Waals surface area contributed by atoms with Crippen molar-refractivity contribution < 1.29 is 5.11 Å². The zero-order valence-corrected chi connectivity index (χ0v) is 7.86. The lowest BCUT2D eigenvalue weighted by Crippen LogP contribution is -2.12. The molecule has 0 spiro atoms. The van der Waals surface area contributed by atoms with E-state index in [0.717, 1.165) is 12.2 Å². The second-order valence-corrected chi connectivity index (χ2v) is 3.23. The summed E-state index contributed by atoms with van der Waals surface area (Å²) in [6.45, 7) is 4.09. The van der Waals surface area contributed by atoms with Crippen LogP contribution in [-0.2, 0) is 7.05 Å². The maximum absolute atomic E-state index is 9.78. The molecule has 0 aromatic carbocycles. The molecule has 0 radical (unpaired) electrons. The van der Waals surface area contributed by atoms with Gasteiger partial charge in [0.05, 0.1) is 0 Å². The summed E-state index contributed by atoms with van der Waals surface area (Å²) in [5, 5.41) is 9.78. The van der Waals surface area contributed by atoms with Crippen LogP contribution in [0.5, 0.6) is 0 Å². The molecule has 1 rings (SSSR count). The summed E-state index contributed by atoms with van der Waals surface area (Å²) in [7, 11) is 1.90. The van der Waals surface area contributed by atoms with Gasteiger partial charge >= 0.3 is 0 Å². The van der Waals surface area contributed by atoms with Crippen LogP contribution in [0.2, 0.25) is 0 Å². The van der Waals surface area contributed by atoms with E-state index in [-0.39, 0.29) is 5.92 Å². The van der Waals surface area contributed by atoms with Crippen molar-refractivity contribution >= 4 is 0 Å². The molecule has 2 unspecified atom stereocenters. The summed E-state index contributed by atoms with van der Waals surface area (Å²) in [5.41, 5.74) is 0. The Labute approximate surface area is 73.1 Å². The monoisotopic (exact) mass is 168 g/mol. The van der Waals surface area contributed by atoms with Crippen molar-refractivity contribution in [2.24, 2.45) is 13.0 Å². The van der Waals surface area contributed by atoms with Crippen LogP contribution in [-0.4, -0.2) is 14.7 Å². The van der Waals surface area contributed by atoms with Crippen molar-refractivity contribution in [3.63, 3.8) is 0 Å². The number of aryl methyl sites for hydroxylation is 1. The van der Waals surface area contributed by atoms with Gasteiger partial charge in [-0.25, -0.2) is 4.98 Å². The molecular formula is C9H16N2O. The zero-order valence-electron chi connectivity index (χ0n) is 7.86. The van der Waals surface area contributed by atoms with Gasteiger partial charge in [-0.1, -0.05) is 20.3 Å². The van der Waals surface area contributed by atoms with Crippen LogP contribution in [0.15, 0.2) is 12.4 Å². The second-order valence-electron chi connectivity index (χ2n) is 3.23. The highest BCUT2D eigenvalue weighted by atomic mass is 16.3. The minimum absolute atomic E-state index is 0.270. The standard InChI is InChI=1S/C9H16N2O/c1-4-7(2)8(12)9-10-5-6-11(9)3/h5-8,12H,4H2,1-3H3. The van der Waals surface area contributed by atoms with Crippen molar-refractivity contribution in [3.8, 4) is 0 Å². The predicted octanol–water partition coefficient (Wildman–Crippen LogP) is 1.50. The minimum atomic E-state index is -0.435. The maximum atomic E-state index is 9.78. The highest BCUT2D eigenvalue weighted by molar-refractivity contribution is 4.96. The number of hydrogen-bond donors (Lipinski definition) is 1. The second kappa shape index (κ2) is 3.72. The maximum Gasteiger partial charge on any atom is 0.137 e. The zero-order chi connectivity index (χ0) is 9.14. The lowest BCUT2D eigenvalue weighted by molar-refractivity contribution is 0.104. The third-order valence-electron chi connectivity index (χ3n) is 2.31. The van der Waals surface area contributed by atoms with E-state index in [1.807, 2.05) is 24.7 Å². The van der Waals surface area contributed by atoms with Gasteiger partial charge in [-0.3, -0.25) is 0 Å². The van der Waals surface area contributed by atoms with Gasteiger partial charge in [0.25, 0.3) is 0 Å². The number of aliphatic hydroxyl groups is 1. The topological polar surface area (TPSA) is 38.1 Å². The quantitative estimate of drug-likeness (QED) is 0.742. The highest BCUT2D eigenvalue weighted by Gasteiger charge is 2.17. The van der Waals surface area contributed by atoms with Gasteiger partial charge < -0.3 is 9.67 Å². The molecule has 0 saturated carbocycles. The Kier molecular flexibility index (Phi) is 2.87. The third-order valence-corrected chi connectivity index (χ3v) is 2.31. The fraction of sp³-hybridized carbons (Fsp3) is 0.667. The fourth-order valence-corrected chi connectivity index (χ4v) is 1.14. The van der Waals surface area contributed by atoms with Crippen LogP contribution in [0.3, 0.4) is 0 Å². The fourth-order valence-electron chi connectivity index (χ4n) is 1.14. The number of aromatic nitrogens is 2. The molecule has 0 bridgehead atoms. The molecule has 68 valence electrons. The van der Waals surface area contributed by atoms with Crippen LogP contribution in [0.25, 0.3) is 0 Å². The van der Waals surface area contributed by atoms with Crippen molar-refractivity contribution in [1.29, 1.82) is 0 Å². The van der Waals surface area contributed by atoms with E-state index < -0.39 is 6.10 Å². The van der Waals surface area contributed by atoms with Gasteiger partial charge in [0.15, 0.2) is 0 Å². The summed E-state index contributed by atoms with van der Waals surface area (Å²) >= 11 is 0. The molecular weight excluding hydrogens is 152 g/mol. The Hall–Kier alpha value is -0.830. The van der Waals surface area contributed by atoms with E-state index in [1.165, 1.54) is 0 Å². The number of rotatable bonds is 3. The summed E-state index contributed by atoms with van der Waals surface area (Å²) in [5.74, 6) is 1.02. The van der Waals surface area contributed by atoms with Crippen LogP contribution < -0.4 is 0 Å². The van der Waals surface area contributed by atoms with E-state index in [9.17, 15) is 5.11 Å². The minimum Gasteiger partial charge on any atom is -0.385 e. The first kappa shape index (κ1) is 9.26. The smallest absolute Gasteiger partial charge is 0.137 e. The van der Waals surface area contributed by atoms with E-state index >= 15 is 0 Å². The first-order chi connectivity index (χ1) is 5.66. The molecule has 2 atom stereocenters. The third kappa shape index (κ3) is 1.67. The summed E-state index contributed by atoms with van der Waals surface area (Å²) in [6, 6.07) is 0. The predicted molar refractivity (Wildman–Crippen MR) is 47.6 cm³/mol. The summed E-state index contributed by atoms with van der Waals surface area (Å²) in [4.78, 5) is 4.10. The lowest BCUT2D eigenvalue weighted by Gasteiger charge is -2.16. The van der Waals surface area contributed by atoms with Crippen molar-refractivity contribution in [1.82, 2.24) is 9.55 Å². The largest absolute Gasteiger partial charge is 0.385 e. The molecule has 1 heterocycles. The molecule has 1 aromatic rings.